The molecule has 0 aliphatic heterocycles. The molecule has 3 atom stereocenters. The van der Waals surface area contributed by atoms with Gasteiger partial charge in [0.2, 0.25) is 0 Å². The average molecular weight is 541 g/mol. The van der Waals surface area contributed by atoms with E-state index in [2.05, 4.69) is 5.32 Å². The molecule has 4 fully saturated rings. The number of anilines is 2. The van der Waals surface area contributed by atoms with Gasteiger partial charge in [0.1, 0.15) is 5.75 Å². The van der Waals surface area contributed by atoms with E-state index >= 15 is 0 Å². The number of nitrogens with one attached hydrogen (secondary N) is 2. The van der Waals surface area contributed by atoms with Gasteiger partial charge in [-0.05, 0) is 117 Å². The zero-order chi connectivity index (χ0) is 27.1. The fourth-order valence-electron chi connectivity index (χ4n) is 6.87. The van der Waals surface area contributed by atoms with E-state index in [0.717, 1.165) is 30.1 Å². The Morgan fingerprint density at radius 3 is 1.82 bits per heavy atom. The van der Waals surface area contributed by atoms with Crippen molar-refractivity contribution in [1.29, 1.82) is 0 Å². The van der Waals surface area contributed by atoms with Crippen molar-refractivity contribution < 1.29 is 35.9 Å². The van der Waals surface area contributed by atoms with Crippen LogP contribution >= 0.6 is 0 Å². The number of hydrogen-bond donors (Lipinski definition) is 2. The van der Waals surface area contributed by atoms with Crippen LogP contribution in [0.5, 0.6) is 5.75 Å². The van der Waals surface area contributed by atoms with E-state index in [1.165, 1.54) is 38.5 Å². The first-order valence-electron chi connectivity index (χ1n) is 13.0. The maximum Gasteiger partial charge on any atom is 0.416 e. The quantitative estimate of drug-likeness (QED) is 0.361. The van der Waals surface area contributed by atoms with Crippen LogP contribution in [0.3, 0.4) is 0 Å². The van der Waals surface area contributed by atoms with E-state index in [0.29, 0.717) is 36.1 Å². The lowest BCUT2D eigenvalue weighted by atomic mass is 9.67. The molecule has 0 saturated heterocycles. The lowest BCUT2D eigenvalue weighted by Gasteiger charge is -2.39. The van der Waals surface area contributed by atoms with Gasteiger partial charge in [-0.1, -0.05) is 0 Å². The number of carbonyl (C=O) groups is 1. The molecule has 0 radical (unpaired) electrons. The Labute approximate surface area is 217 Å². The first-order chi connectivity index (χ1) is 17.9. The summed E-state index contributed by atoms with van der Waals surface area (Å²) in [7, 11) is 0. The van der Waals surface area contributed by atoms with Gasteiger partial charge in [0, 0.05) is 11.4 Å². The standard InChI is InChI=1S/C28H30F6N2O2/c29-27(30,31)21-13-22(28(32,33)34)15-24(14-21)36-26(37)35-23-1-3-25(4-2-23)38-6-5-19-10-16-7-17-9-18(8-16)12-20(19)11-17/h1-4,13-20H,5-12H2,(H2,35,36,37). The number of hydrogen-bond acceptors (Lipinski definition) is 2. The molecule has 6 rings (SSSR count). The molecule has 4 saturated carbocycles. The highest BCUT2D eigenvalue weighted by molar-refractivity contribution is 5.99. The zero-order valence-electron chi connectivity index (χ0n) is 20.7. The second-order valence-electron chi connectivity index (χ2n) is 11.1. The monoisotopic (exact) mass is 540 g/mol. The number of benzene rings is 2. The predicted octanol–water partition coefficient (Wildman–Crippen LogP) is 8.60. The smallest absolute Gasteiger partial charge is 0.416 e. The summed E-state index contributed by atoms with van der Waals surface area (Å²) in [5, 5.41) is 4.46. The third-order valence-corrected chi connectivity index (χ3v) is 8.29. The number of fused-ring (bicyclic) bond motifs is 1. The maximum atomic E-state index is 13.0. The average Bonchev–Trinajstić information content (AvgIpc) is 3.01. The second-order valence-corrected chi connectivity index (χ2v) is 11.1. The largest absolute Gasteiger partial charge is 0.494 e. The van der Waals surface area contributed by atoms with Crippen molar-refractivity contribution in [2.24, 2.45) is 29.6 Å². The van der Waals surface area contributed by atoms with Crippen molar-refractivity contribution in [2.45, 2.75) is 57.3 Å². The van der Waals surface area contributed by atoms with Gasteiger partial charge in [0.05, 0.1) is 17.7 Å². The molecule has 0 aromatic heterocycles. The molecule has 38 heavy (non-hydrogen) atoms. The minimum absolute atomic E-state index is 0.00611. The molecule has 2 aromatic rings. The third kappa shape index (κ3) is 6.38. The number of amides is 2. The van der Waals surface area contributed by atoms with Crippen LogP contribution in [-0.2, 0) is 12.4 Å². The van der Waals surface area contributed by atoms with E-state index in [-0.39, 0.29) is 6.07 Å². The number of ether oxygens (including phenoxy) is 1. The molecular formula is C28H30F6N2O2. The Kier molecular flexibility index (Phi) is 7.26. The Morgan fingerprint density at radius 2 is 1.26 bits per heavy atom. The summed E-state index contributed by atoms with van der Waals surface area (Å²) in [6.45, 7) is 0.605. The summed E-state index contributed by atoms with van der Waals surface area (Å²) in [6, 6.07) is 6.41. The molecule has 4 aliphatic carbocycles. The van der Waals surface area contributed by atoms with E-state index in [1.54, 1.807) is 24.3 Å². The third-order valence-electron chi connectivity index (χ3n) is 8.29. The number of urea groups is 1. The molecule has 0 heterocycles. The number of halogens is 6. The van der Waals surface area contributed by atoms with Crippen molar-refractivity contribution >= 4 is 17.4 Å². The number of carbonyl (C=O) groups excluding carboxylic acids is 1. The summed E-state index contributed by atoms with van der Waals surface area (Å²) < 4.78 is 84.2. The van der Waals surface area contributed by atoms with Crippen molar-refractivity contribution in [2.75, 3.05) is 17.2 Å². The van der Waals surface area contributed by atoms with E-state index in [4.69, 9.17) is 4.74 Å². The van der Waals surface area contributed by atoms with Crippen molar-refractivity contribution in [3.8, 4) is 5.75 Å². The highest BCUT2D eigenvalue weighted by atomic mass is 19.4. The molecule has 3 unspecified atom stereocenters. The first-order valence-corrected chi connectivity index (χ1v) is 13.0. The van der Waals surface area contributed by atoms with Crippen LogP contribution in [0.2, 0.25) is 0 Å². The Morgan fingerprint density at radius 1 is 0.737 bits per heavy atom. The van der Waals surface area contributed by atoms with Crippen molar-refractivity contribution in [3.05, 3.63) is 53.6 Å². The van der Waals surface area contributed by atoms with Gasteiger partial charge in [-0.15, -0.1) is 0 Å². The summed E-state index contributed by atoms with van der Waals surface area (Å²) in [4.78, 5) is 12.3. The van der Waals surface area contributed by atoms with Gasteiger partial charge >= 0.3 is 18.4 Å². The molecular weight excluding hydrogens is 510 g/mol. The normalized spacial score (nSPS) is 26.6. The lowest BCUT2D eigenvalue weighted by molar-refractivity contribution is -0.143. The molecule has 2 aromatic carbocycles. The highest BCUT2D eigenvalue weighted by Crippen LogP contribution is 2.53. The molecule has 4 bridgehead atoms. The van der Waals surface area contributed by atoms with Gasteiger partial charge in [-0.3, -0.25) is 0 Å². The Balaban J connectivity index is 1.13. The van der Waals surface area contributed by atoms with Crippen LogP contribution in [0, 0.1) is 29.6 Å². The molecule has 10 heteroatoms. The van der Waals surface area contributed by atoms with Gasteiger partial charge in [0.15, 0.2) is 0 Å². The maximum absolute atomic E-state index is 13.0. The molecule has 4 nitrogen and oxygen atoms in total. The molecule has 2 amide bonds. The summed E-state index contributed by atoms with van der Waals surface area (Å²) in [5.41, 5.74) is -3.32. The van der Waals surface area contributed by atoms with E-state index < -0.39 is 35.2 Å². The fourth-order valence-corrected chi connectivity index (χ4v) is 6.87. The summed E-state index contributed by atoms with van der Waals surface area (Å²) >= 11 is 0. The summed E-state index contributed by atoms with van der Waals surface area (Å²) in [5.74, 6) is 4.84. The van der Waals surface area contributed by atoms with Gasteiger partial charge in [-0.2, -0.15) is 26.3 Å². The van der Waals surface area contributed by atoms with Gasteiger partial charge in [-0.25, -0.2) is 4.79 Å². The van der Waals surface area contributed by atoms with Crippen LogP contribution in [0.25, 0.3) is 0 Å². The second kappa shape index (κ2) is 10.3. The number of alkyl halides is 6. The molecule has 0 spiro atoms. The SMILES string of the molecule is O=C(Nc1ccc(OCCC2CC3CC4CC(C3)CC2C4)cc1)Nc1cc(C(F)(F)F)cc(C(F)(F)F)c1. The van der Waals surface area contributed by atoms with Crippen LogP contribution < -0.4 is 15.4 Å². The van der Waals surface area contributed by atoms with Crippen LogP contribution in [0.15, 0.2) is 42.5 Å². The minimum atomic E-state index is -5.00. The van der Waals surface area contributed by atoms with Crippen molar-refractivity contribution in [1.82, 2.24) is 0 Å². The van der Waals surface area contributed by atoms with Gasteiger partial charge < -0.3 is 15.4 Å². The Hall–Kier alpha value is -2.91. The highest BCUT2D eigenvalue weighted by Gasteiger charge is 2.43. The van der Waals surface area contributed by atoms with Crippen molar-refractivity contribution in [3.63, 3.8) is 0 Å². The topological polar surface area (TPSA) is 50.4 Å². The van der Waals surface area contributed by atoms with Crippen LogP contribution in [0.4, 0.5) is 42.5 Å². The molecule has 2 N–H and O–H groups in total. The van der Waals surface area contributed by atoms with Crippen LogP contribution in [-0.4, -0.2) is 12.6 Å². The lowest BCUT2D eigenvalue weighted by Crippen LogP contribution is -2.28. The predicted molar refractivity (Wildman–Crippen MR) is 131 cm³/mol. The van der Waals surface area contributed by atoms with Gasteiger partial charge in [0.25, 0.3) is 0 Å². The van der Waals surface area contributed by atoms with E-state index in [1.807, 2.05) is 5.32 Å². The number of rotatable bonds is 6. The Bertz CT molecular complexity index is 1100. The molecule has 4 aliphatic rings. The zero-order valence-corrected chi connectivity index (χ0v) is 20.7. The first kappa shape index (κ1) is 26.7. The molecule has 206 valence electrons. The van der Waals surface area contributed by atoms with Crippen LogP contribution in [0.1, 0.15) is 56.1 Å². The fraction of sp³-hybridized carbons (Fsp3) is 0.536. The van der Waals surface area contributed by atoms with E-state index in [9.17, 15) is 31.1 Å². The minimum Gasteiger partial charge on any atom is -0.494 e. The summed E-state index contributed by atoms with van der Waals surface area (Å²) in [6.07, 6.45) is -0.763.